The highest BCUT2D eigenvalue weighted by molar-refractivity contribution is 5.36. The number of nitrogen functional groups attached to an aromatic ring is 1. The van der Waals surface area contributed by atoms with Crippen LogP contribution in [0.25, 0.3) is 0 Å². The third-order valence-electron chi connectivity index (χ3n) is 3.22. The minimum atomic E-state index is -0.838. The van der Waals surface area contributed by atoms with Gasteiger partial charge in [0.25, 0.3) is 0 Å². The molecular weight excluding hydrogens is 250 g/mol. The summed E-state index contributed by atoms with van der Waals surface area (Å²) in [6, 6.07) is 0. The zero-order valence-corrected chi connectivity index (χ0v) is 10.8. The Morgan fingerprint density at radius 2 is 2.37 bits per heavy atom. The molecule has 1 aromatic rings. The minimum Gasteiger partial charge on any atom is -0.394 e. The lowest BCUT2D eigenvalue weighted by molar-refractivity contribution is -0.0530. The quantitative estimate of drug-likeness (QED) is 0.674. The van der Waals surface area contributed by atoms with E-state index < -0.39 is 24.1 Å². The molecule has 0 amide bonds. The molecule has 3 atom stereocenters. The number of hydrogen-bond donors (Lipinski definition) is 3. The molecule has 106 valence electrons. The number of ether oxygens (including phenoxy) is 1. The maximum Gasteiger partial charge on any atom is 0.351 e. The number of hydrogen-bond acceptors (Lipinski definition) is 6. The monoisotopic (exact) mass is 269 g/mol. The van der Waals surface area contributed by atoms with Crippen molar-refractivity contribution >= 4 is 5.82 Å². The molecule has 0 radical (unpaired) electrons. The van der Waals surface area contributed by atoms with Gasteiger partial charge in [0.05, 0.1) is 12.7 Å². The van der Waals surface area contributed by atoms with Crippen LogP contribution in [-0.4, -0.2) is 38.6 Å². The molecule has 1 aromatic heterocycles. The maximum absolute atomic E-state index is 11.8. The average Bonchev–Trinajstić information content (AvgIpc) is 2.74. The highest BCUT2D eigenvalue weighted by atomic mass is 16.5. The second kappa shape index (κ2) is 5.68. The molecule has 0 bridgehead atoms. The van der Waals surface area contributed by atoms with Gasteiger partial charge in [0.15, 0.2) is 6.23 Å². The normalized spacial score (nSPS) is 26.8. The predicted octanol–water partition coefficient (Wildman–Crippen LogP) is -0.581. The van der Waals surface area contributed by atoms with E-state index in [2.05, 4.69) is 4.98 Å². The van der Waals surface area contributed by atoms with Gasteiger partial charge in [-0.2, -0.15) is 4.98 Å². The lowest BCUT2D eigenvalue weighted by atomic mass is 10.1. The first kappa shape index (κ1) is 14.0. The van der Waals surface area contributed by atoms with E-state index in [1.165, 1.54) is 4.57 Å². The molecule has 0 aliphatic carbocycles. The summed E-state index contributed by atoms with van der Waals surface area (Å²) in [4.78, 5) is 15.6. The third-order valence-corrected chi connectivity index (χ3v) is 3.22. The van der Waals surface area contributed by atoms with Crippen molar-refractivity contribution in [3.8, 4) is 0 Å². The van der Waals surface area contributed by atoms with Crippen LogP contribution in [0.15, 0.2) is 11.0 Å². The molecule has 0 unspecified atom stereocenters. The molecule has 1 fully saturated rings. The van der Waals surface area contributed by atoms with Crippen molar-refractivity contribution in [2.75, 3.05) is 12.3 Å². The van der Waals surface area contributed by atoms with Crippen molar-refractivity contribution < 1.29 is 14.9 Å². The van der Waals surface area contributed by atoms with Gasteiger partial charge in [-0.15, -0.1) is 0 Å². The molecule has 7 nitrogen and oxygen atoms in total. The fourth-order valence-electron chi connectivity index (χ4n) is 2.26. The first-order valence-corrected chi connectivity index (χ1v) is 6.38. The second-order valence-electron chi connectivity index (χ2n) is 4.73. The van der Waals surface area contributed by atoms with Crippen LogP contribution in [0.1, 0.15) is 31.6 Å². The topological polar surface area (TPSA) is 111 Å². The summed E-state index contributed by atoms with van der Waals surface area (Å²) < 4.78 is 6.70. The van der Waals surface area contributed by atoms with Gasteiger partial charge in [0, 0.05) is 18.2 Å². The van der Waals surface area contributed by atoms with E-state index in [0.29, 0.717) is 12.8 Å². The van der Waals surface area contributed by atoms with Gasteiger partial charge in [-0.1, -0.05) is 13.3 Å². The lowest BCUT2D eigenvalue weighted by Crippen LogP contribution is -2.33. The van der Waals surface area contributed by atoms with Gasteiger partial charge in [0.2, 0.25) is 0 Å². The number of nitrogens with two attached hydrogens (primary N) is 1. The van der Waals surface area contributed by atoms with Crippen LogP contribution >= 0.6 is 0 Å². The standard InChI is InChI=1S/C12H19N3O4/c1-2-3-7-5-15(12(18)14-10(7)13)11-9(17)4-8(6-16)19-11/h5,8-9,11,16-17H,2-4,6H2,1H3,(H2,13,14,18)/t8-,9+,11+/m0/s1. The van der Waals surface area contributed by atoms with Gasteiger partial charge < -0.3 is 20.7 Å². The van der Waals surface area contributed by atoms with Crippen LogP contribution in [0.2, 0.25) is 0 Å². The summed E-state index contributed by atoms with van der Waals surface area (Å²) >= 11 is 0. The van der Waals surface area contributed by atoms with E-state index in [9.17, 15) is 9.90 Å². The molecule has 19 heavy (non-hydrogen) atoms. The van der Waals surface area contributed by atoms with Crippen LogP contribution in [-0.2, 0) is 11.2 Å². The van der Waals surface area contributed by atoms with E-state index >= 15 is 0 Å². The summed E-state index contributed by atoms with van der Waals surface area (Å²) in [7, 11) is 0. The first-order valence-electron chi connectivity index (χ1n) is 6.38. The summed E-state index contributed by atoms with van der Waals surface area (Å²) in [6.45, 7) is 1.81. The zero-order chi connectivity index (χ0) is 14.0. The van der Waals surface area contributed by atoms with Crippen molar-refractivity contribution in [2.45, 2.75) is 44.6 Å². The Kier molecular flexibility index (Phi) is 4.18. The molecule has 2 heterocycles. The zero-order valence-electron chi connectivity index (χ0n) is 10.8. The Bertz CT molecular complexity index is 502. The molecule has 0 aromatic carbocycles. The van der Waals surface area contributed by atoms with Gasteiger partial charge in [-0.25, -0.2) is 4.79 Å². The summed E-state index contributed by atoms with van der Waals surface area (Å²) in [5, 5.41) is 18.9. The van der Waals surface area contributed by atoms with Gasteiger partial charge >= 0.3 is 5.69 Å². The number of anilines is 1. The number of aryl methyl sites for hydroxylation is 1. The first-order chi connectivity index (χ1) is 9.06. The number of aromatic nitrogens is 2. The molecule has 1 saturated heterocycles. The van der Waals surface area contributed by atoms with E-state index in [-0.39, 0.29) is 12.4 Å². The van der Waals surface area contributed by atoms with Crippen LogP contribution in [0.3, 0.4) is 0 Å². The summed E-state index contributed by atoms with van der Waals surface area (Å²) in [5.41, 5.74) is 5.89. The Hall–Kier alpha value is -1.44. The summed E-state index contributed by atoms with van der Waals surface area (Å²) in [5.74, 6) is 0.217. The largest absolute Gasteiger partial charge is 0.394 e. The molecule has 0 spiro atoms. The highest BCUT2D eigenvalue weighted by Gasteiger charge is 2.35. The Morgan fingerprint density at radius 1 is 1.63 bits per heavy atom. The number of nitrogens with zero attached hydrogens (tertiary/aromatic N) is 2. The van der Waals surface area contributed by atoms with Crippen LogP contribution in [0.5, 0.6) is 0 Å². The van der Waals surface area contributed by atoms with Gasteiger partial charge in [-0.3, -0.25) is 4.57 Å². The van der Waals surface area contributed by atoms with E-state index in [1.807, 2.05) is 6.92 Å². The molecule has 4 N–H and O–H groups in total. The number of rotatable bonds is 4. The Labute approximate surface area is 110 Å². The molecule has 0 saturated carbocycles. The second-order valence-corrected chi connectivity index (χ2v) is 4.73. The van der Waals surface area contributed by atoms with Crippen molar-refractivity contribution in [1.82, 2.24) is 9.55 Å². The van der Waals surface area contributed by atoms with Crippen molar-refractivity contribution in [3.63, 3.8) is 0 Å². The third kappa shape index (κ3) is 2.78. The average molecular weight is 269 g/mol. The van der Waals surface area contributed by atoms with Crippen molar-refractivity contribution in [2.24, 2.45) is 0 Å². The molecular formula is C12H19N3O4. The van der Waals surface area contributed by atoms with Crippen LogP contribution in [0.4, 0.5) is 5.82 Å². The minimum absolute atomic E-state index is 0.188. The van der Waals surface area contributed by atoms with Gasteiger partial charge in [-0.05, 0) is 6.42 Å². The summed E-state index contributed by atoms with van der Waals surface area (Å²) in [6.07, 6.45) is 1.34. The van der Waals surface area contributed by atoms with Crippen molar-refractivity contribution in [3.05, 3.63) is 22.2 Å². The fourth-order valence-corrected chi connectivity index (χ4v) is 2.26. The van der Waals surface area contributed by atoms with Gasteiger partial charge in [0.1, 0.15) is 11.9 Å². The molecule has 7 heteroatoms. The van der Waals surface area contributed by atoms with Crippen LogP contribution in [0, 0.1) is 0 Å². The SMILES string of the molecule is CCCc1cn([C@@H]2O[C@H](CO)C[C@H]2O)c(=O)nc1N. The van der Waals surface area contributed by atoms with Crippen LogP contribution < -0.4 is 11.4 Å². The molecule has 2 rings (SSSR count). The highest BCUT2D eigenvalue weighted by Crippen LogP contribution is 2.28. The number of aliphatic hydroxyl groups excluding tert-OH is 2. The van der Waals surface area contributed by atoms with E-state index in [0.717, 1.165) is 12.0 Å². The van der Waals surface area contributed by atoms with E-state index in [1.54, 1.807) is 6.20 Å². The molecule has 1 aliphatic heterocycles. The smallest absolute Gasteiger partial charge is 0.351 e. The van der Waals surface area contributed by atoms with E-state index in [4.69, 9.17) is 15.6 Å². The maximum atomic E-state index is 11.8. The fraction of sp³-hybridized carbons (Fsp3) is 0.667. The molecule has 1 aliphatic rings. The number of aliphatic hydroxyl groups is 2. The predicted molar refractivity (Wildman–Crippen MR) is 68.5 cm³/mol. The lowest BCUT2D eigenvalue weighted by Gasteiger charge is -2.18. The Balaban J connectivity index is 2.34. The Morgan fingerprint density at radius 3 is 2.95 bits per heavy atom. The van der Waals surface area contributed by atoms with Crippen molar-refractivity contribution in [1.29, 1.82) is 0 Å².